The minimum atomic E-state index is 0.102. The zero-order valence-corrected chi connectivity index (χ0v) is 12.9. The molecule has 1 rings (SSSR count). The highest BCUT2D eigenvalue weighted by Gasteiger charge is 2.04. The van der Waals surface area contributed by atoms with Crippen LogP contribution in [0, 0.1) is 0 Å². The van der Waals surface area contributed by atoms with Gasteiger partial charge in [-0.1, -0.05) is 25.1 Å². The van der Waals surface area contributed by atoms with E-state index in [1.807, 2.05) is 25.1 Å². The summed E-state index contributed by atoms with van der Waals surface area (Å²) in [7, 11) is 1.68. The SMILES string of the molecule is CCCNCc1ccccc1OCCOC(C)COC. The fourth-order valence-electron chi connectivity index (χ4n) is 1.87. The molecule has 4 nitrogen and oxygen atoms in total. The second-order valence-corrected chi connectivity index (χ2v) is 4.77. The summed E-state index contributed by atoms with van der Waals surface area (Å²) in [5.74, 6) is 0.930. The quantitative estimate of drug-likeness (QED) is 0.633. The molecule has 1 N–H and O–H groups in total. The summed E-state index contributed by atoms with van der Waals surface area (Å²) in [5, 5.41) is 3.39. The highest BCUT2D eigenvalue weighted by molar-refractivity contribution is 5.33. The first-order valence-electron chi connectivity index (χ1n) is 7.29. The average Bonchev–Trinajstić information content (AvgIpc) is 2.45. The molecule has 0 aliphatic rings. The number of nitrogens with one attached hydrogen (secondary N) is 1. The van der Waals surface area contributed by atoms with E-state index >= 15 is 0 Å². The summed E-state index contributed by atoms with van der Waals surface area (Å²) in [6, 6.07) is 8.12. The predicted molar refractivity (Wildman–Crippen MR) is 81.2 cm³/mol. The van der Waals surface area contributed by atoms with Gasteiger partial charge in [0.15, 0.2) is 0 Å². The lowest BCUT2D eigenvalue weighted by Gasteiger charge is -2.14. The molecular weight excluding hydrogens is 254 g/mol. The van der Waals surface area contributed by atoms with Gasteiger partial charge in [0.25, 0.3) is 0 Å². The molecule has 4 heteroatoms. The van der Waals surface area contributed by atoms with Gasteiger partial charge in [-0.2, -0.15) is 0 Å². The molecule has 0 aliphatic heterocycles. The first-order valence-corrected chi connectivity index (χ1v) is 7.29. The summed E-state index contributed by atoms with van der Waals surface area (Å²) >= 11 is 0. The Kier molecular flexibility index (Phi) is 9.04. The van der Waals surface area contributed by atoms with Gasteiger partial charge in [0.1, 0.15) is 12.4 Å². The average molecular weight is 281 g/mol. The van der Waals surface area contributed by atoms with Gasteiger partial charge in [0, 0.05) is 19.2 Å². The molecule has 1 aromatic carbocycles. The molecule has 20 heavy (non-hydrogen) atoms. The van der Waals surface area contributed by atoms with Crippen LogP contribution in [-0.4, -0.2) is 39.6 Å². The van der Waals surface area contributed by atoms with Crippen LogP contribution in [-0.2, 0) is 16.0 Å². The largest absolute Gasteiger partial charge is 0.491 e. The van der Waals surface area contributed by atoms with Crippen molar-refractivity contribution in [3.63, 3.8) is 0 Å². The van der Waals surface area contributed by atoms with Crippen LogP contribution >= 0.6 is 0 Å². The van der Waals surface area contributed by atoms with E-state index in [4.69, 9.17) is 14.2 Å². The van der Waals surface area contributed by atoms with Crippen molar-refractivity contribution in [2.45, 2.75) is 32.9 Å². The minimum Gasteiger partial charge on any atom is -0.491 e. The van der Waals surface area contributed by atoms with Crippen molar-refractivity contribution in [3.05, 3.63) is 29.8 Å². The number of methoxy groups -OCH3 is 1. The van der Waals surface area contributed by atoms with Gasteiger partial charge < -0.3 is 19.5 Å². The second-order valence-electron chi connectivity index (χ2n) is 4.77. The molecule has 0 saturated carbocycles. The van der Waals surface area contributed by atoms with Crippen LogP contribution in [0.1, 0.15) is 25.8 Å². The highest BCUT2D eigenvalue weighted by Crippen LogP contribution is 2.17. The molecule has 0 bridgehead atoms. The smallest absolute Gasteiger partial charge is 0.123 e. The monoisotopic (exact) mass is 281 g/mol. The molecule has 1 unspecified atom stereocenters. The molecule has 1 atom stereocenters. The van der Waals surface area contributed by atoms with E-state index in [1.54, 1.807) is 7.11 Å². The Bertz CT molecular complexity index is 357. The fraction of sp³-hybridized carbons (Fsp3) is 0.625. The first kappa shape index (κ1) is 17.0. The highest BCUT2D eigenvalue weighted by atomic mass is 16.5. The van der Waals surface area contributed by atoms with Crippen LogP contribution in [0.4, 0.5) is 0 Å². The number of benzene rings is 1. The zero-order chi connectivity index (χ0) is 14.6. The van der Waals surface area contributed by atoms with Crippen LogP contribution in [0.25, 0.3) is 0 Å². The molecule has 0 amide bonds. The molecule has 0 aliphatic carbocycles. The van der Waals surface area contributed by atoms with Crippen molar-refractivity contribution in [3.8, 4) is 5.75 Å². The lowest BCUT2D eigenvalue weighted by Crippen LogP contribution is -2.19. The third-order valence-corrected chi connectivity index (χ3v) is 2.86. The Morgan fingerprint density at radius 3 is 2.75 bits per heavy atom. The van der Waals surface area contributed by atoms with Crippen molar-refractivity contribution in [1.29, 1.82) is 0 Å². The maximum Gasteiger partial charge on any atom is 0.123 e. The Balaban J connectivity index is 2.31. The summed E-state index contributed by atoms with van der Waals surface area (Å²) in [6.45, 7) is 7.74. The number of para-hydroxylation sites is 1. The molecule has 0 spiro atoms. The lowest BCUT2D eigenvalue weighted by atomic mass is 10.2. The van der Waals surface area contributed by atoms with Gasteiger partial charge in [-0.15, -0.1) is 0 Å². The van der Waals surface area contributed by atoms with E-state index < -0.39 is 0 Å². The van der Waals surface area contributed by atoms with Crippen molar-refractivity contribution in [2.24, 2.45) is 0 Å². The maximum atomic E-state index is 5.79. The van der Waals surface area contributed by atoms with E-state index in [0.717, 1.165) is 25.3 Å². The molecular formula is C16H27NO3. The maximum absolute atomic E-state index is 5.79. The van der Waals surface area contributed by atoms with E-state index in [2.05, 4.69) is 18.3 Å². The Hall–Kier alpha value is -1.10. The standard InChI is InChI=1S/C16H27NO3/c1-4-9-17-12-15-7-5-6-8-16(15)20-11-10-19-14(2)13-18-3/h5-8,14,17H,4,9-13H2,1-3H3. The van der Waals surface area contributed by atoms with E-state index in [0.29, 0.717) is 19.8 Å². The van der Waals surface area contributed by atoms with Crippen molar-refractivity contribution < 1.29 is 14.2 Å². The summed E-state index contributed by atoms with van der Waals surface area (Å²) in [5.41, 5.74) is 1.19. The van der Waals surface area contributed by atoms with E-state index in [1.165, 1.54) is 5.56 Å². The summed E-state index contributed by atoms with van der Waals surface area (Å²) in [6.07, 6.45) is 1.24. The minimum absolute atomic E-state index is 0.102. The van der Waals surface area contributed by atoms with Crippen molar-refractivity contribution in [2.75, 3.05) is 33.5 Å². The van der Waals surface area contributed by atoms with Crippen LogP contribution in [0.2, 0.25) is 0 Å². The van der Waals surface area contributed by atoms with Crippen LogP contribution in [0.5, 0.6) is 5.75 Å². The molecule has 0 heterocycles. The van der Waals surface area contributed by atoms with Gasteiger partial charge in [0.2, 0.25) is 0 Å². The van der Waals surface area contributed by atoms with Crippen molar-refractivity contribution >= 4 is 0 Å². The van der Waals surface area contributed by atoms with Crippen LogP contribution < -0.4 is 10.1 Å². The molecule has 0 saturated heterocycles. The zero-order valence-electron chi connectivity index (χ0n) is 12.9. The van der Waals surface area contributed by atoms with Crippen LogP contribution in [0.3, 0.4) is 0 Å². The van der Waals surface area contributed by atoms with Gasteiger partial charge in [-0.25, -0.2) is 0 Å². The molecule has 0 aromatic heterocycles. The van der Waals surface area contributed by atoms with Crippen molar-refractivity contribution in [1.82, 2.24) is 5.32 Å². The van der Waals surface area contributed by atoms with Gasteiger partial charge >= 0.3 is 0 Å². The number of hydrogen-bond acceptors (Lipinski definition) is 4. The normalized spacial score (nSPS) is 12.3. The van der Waals surface area contributed by atoms with E-state index in [9.17, 15) is 0 Å². The Morgan fingerprint density at radius 1 is 1.20 bits per heavy atom. The summed E-state index contributed by atoms with van der Waals surface area (Å²) < 4.78 is 16.4. The van der Waals surface area contributed by atoms with Gasteiger partial charge in [-0.3, -0.25) is 0 Å². The van der Waals surface area contributed by atoms with E-state index in [-0.39, 0.29) is 6.10 Å². The second kappa shape index (κ2) is 10.7. The third-order valence-electron chi connectivity index (χ3n) is 2.86. The molecule has 114 valence electrons. The van der Waals surface area contributed by atoms with Crippen LogP contribution in [0.15, 0.2) is 24.3 Å². The first-order chi connectivity index (χ1) is 9.77. The topological polar surface area (TPSA) is 39.7 Å². The molecule has 0 fully saturated rings. The Morgan fingerprint density at radius 2 is 2.00 bits per heavy atom. The number of ether oxygens (including phenoxy) is 3. The number of hydrogen-bond donors (Lipinski definition) is 1. The third kappa shape index (κ3) is 6.89. The Labute approximate surface area is 122 Å². The van der Waals surface area contributed by atoms with Gasteiger partial charge in [0.05, 0.1) is 19.3 Å². The molecule has 1 aromatic rings. The predicted octanol–water partition coefficient (Wildman–Crippen LogP) is 2.62. The summed E-state index contributed by atoms with van der Waals surface area (Å²) in [4.78, 5) is 0. The molecule has 0 radical (unpaired) electrons. The number of rotatable bonds is 11. The lowest BCUT2D eigenvalue weighted by molar-refractivity contribution is -0.00223. The van der Waals surface area contributed by atoms with Gasteiger partial charge in [-0.05, 0) is 26.0 Å². The fourth-order valence-corrected chi connectivity index (χ4v) is 1.87.